The number of carboxylic acid groups (broad SMARTS) is 1. The third-order valence-corrected chi connectivity index (χ3v) is 6.45. The van der Waals surface area contributed by atoms with Crippen molar-refractivity contribution in [2.45, 2.75) is 66.2 Å². The van der Waals surface area contributed by atoms with Crippen molar-refractivity contribution in [3.63, 3.8) is 0 Å². The van der Waals surface area contributed by atoms with Crippen LogP contribution in [0.5, 0.6) is 0 Å². The van der Waals surface area contributed by atoms with Crippen molar-refractivity contribution in [1.29, 1.82) is 0 Å². The number of rotatable bonds is 5. The van der Waals surface area contributed by atoms with Gasteiger partial charge in [-0.25, -0.2) is 4.79 Å². The summed E-state index contributed by atoms with van der Waals surface area (Å²) < 4.78 is 0. The molecule has 23 heavy (non-hydrogen) atoms. The molecule has 4 atom stereocenters. The number of ketones is 1. The van der Waals surface area contributed by atoms with Crippen LogP contribution < -0.4 is 0 Å². The molecule has 0 aromatic rings. The van der Waals surface area contributed by atoms with Crippen LogP contribution >= 0.6 is 0 Å². The first-order valence-corrected chi connectivity index (χ1v) is 8.88. The van der Waals surface area contributed by atoms with E-state index in [1.165, 1.54) is 12.8 Å². The molecule has 0 bridgehead atoms. The highest BCUT2D eigenvalue weighted by Gasteiger charge is 2.51. The van der Waals surface area contributed by atoms with Gasteiger partial charge in [-0.1, -0.05) is 26.0 Å². The molecule has 0 aromatic heterocycles. The molecule has 0 heterocycles. The maximum Gasteiger partial charge on any atom is 0.330 e. The van der Waals surface area contributed by atoms with Crippen LogP contribution in [0.2, 0.25) is 0 Å². The molecule has 2 aliphatic carbocycles. The topological polar surface area (TPSA) is 54.4 Å². The number of aliphatic carboxylic acids is 1. The lowest BCUT2D eigenvalue weighted by Gasteiger charge is -2.43. The van der Waals surface area contributed by atoms with Crippen LogP contribution in [0.1, 0.15) is 66.2 Å². The number of Topliss-reactive ketones (excluding diaryl/α,β-unsaturated/α-hetero) is 1. The predicted octanol–water partition coefficient (Wildman–Crippen LogP) is 4.78. The summed E-state index contributed by atoms with van der Waals surface area (Å²) in [4.78, 5) is 23.2. The lowest BCUT2D eigenvalue weighted by Crippen LogP contribution is -2.38. The minimum absolute atomic E-state index is 0.140. The summed E-state index contributed by atoms with van der Waals surface area (Å²) in [5.41, 5.74) is 1.50. The van der Waals surface area contributed by atoms with Crippen LogP contribution in [0.4, 0.5) is 0 Å². The van der Waals surface area contributed by atoms with Crippen LogP contribution in [0.25, 0.3) is 0 Å². The van der Waals surface area contributed by atoms with E-state index in [-0.39, 0.29) is 5.41 Å². The molecule has 2 aliphatic rings. The standard InChI is InChI=1S/C20H30O3/c1-13(6-5-7-15(3)19(22)23)17-9-8-16(4)20(17)11-10-14(2)18(21)12-20/h7,10,13,16-17H,5-6,8-9,11-12H2,1-4H3,(H,22,23)/b15-7+/t13-,16+,17-,20+/m1/s1. The molecule has 0 saturated heterocycles. The van der Waals surface area contributed by atoms with E-state index in [2.05, 4.69) is 19.9 Å². The Labute approximate surface area is 139 Å². The summed E-state index contributed by atoms with van der Waals surface area (Å²) in [6, 6.07) is 0. The molecule has 1 spiro atoms. The van der Waals surface area contributed by atoms with Crippen LogP contribution in [-0.4, -0.2) is 16.9 Å². The van der Waals surface area contributed by atoms with Gasteiger partial charge in [-0.3, -0.25) is 4.79 Å². The number of hydrogen-bond donors (Lipinski definition) is 1. The van der Waals surface area contributed by atoms with Crippen LogP contribution in [0.3, 0.4) is 0 Å². The zero-order valence-electron chi connectivity index (χ0n) is 14.9. The van der Waals surface area contributed by atoms with Crippen molar-refractivity contribution in [3.05, 3.63) is 23.3 Å². The quantitative estimate of drug-likeness (QED) is 0.742. The van der Waals surface area contributed by atoms with Crippen molar-refractivity contribution in [3.8, 4) is 0 Å². The van der Waals surface area contributed by atoms with Crippen LogP contribution in [0, 0.1) is 23.2 Å². The zero-order chi connectivity index (χ0) is 17.2. The molecular formula is C20H30O3. The van der Waals surface area contributed by atoms with Gasteiger partial charge in [0, 0.05) is 12.0 Å². The second-order valence-corrected chi connectivity index (χ2v) is 7.76. The van der Waals surface area contributed by atoms with Crippen molar-refractivity contribution >= 4 is 11.8 Å². The van der Waals surface area contributed by atoms with Gasteiger partial charge >= 0.3 is 5.97 Å². The fourth-order valence-electron chi connectivity index (χ4n) is 4.70. The van der Waals surface area contributed by atoms with Crippen molar-refractivity contribution in [1.82, 2.24) is 0 Å². The summed E-state index contributed by atoms with van der Waals surface area (Å²) in [5.74, 6) is 1.19. The van der Waals surface area contributed by atoms with Gasteiger partial charge in [-0.15, -0.1) is 0 Å². The highest BCUT2D eigenvalue weighted by atomic mass is 16.4. The molecule has 1 fully saturated rings. The Hall–Kier alpha value is -1.38. The van der Waals surface area contributed by atoms with E-state index in [0.29, 0.717) is 35.5 Å². The third-order valence-electron chi connectivity index (χ3n) is 6.45. The monoisotopic (exact) mass is 318 g/mol. The summed E-state index contributed by atoms with van der Waals surface area (Å²) in [7, 11) is 0. The van der Waals surface area contributed by atoms with Gasteiger partial charge in [0.15, 0.2) is 5.78 Å². The highest BCUT2D eigenvalue weighted by molar-refractivity contribution is 5.96. The number of carbonyl (C=O) groups is 2. The minimum Gasteiger partial charge on any atom is -0.478 e. The first-order valence-electron chi connectivity index (χ1n) is 8.88. The van der Waals surface area contributed by atoms with Gasteiger partial charge in [0.25, 0.3) is 0 Å². The SMILES string of the molecule is CC1=CC[C@@]2(CC1=O)[C@@H]([C@H](C)CC/C=C(\C)C(=O)O)CC[C@@H]2C. The molecule has 128 valence electrons. The van der Waals surface area contributed by atoms with Gasteiger partial charge in [-0.2, -0.15) is 0 Å². The molecule has 1 saturated carbocycles. The van der Waals surface area contributed by atoms with E-state index < -0.39 is 5.97 Å². The Kier molecular flexibility index (Phi) is 5.49. The highest BCUT2D eigenvalue weighted by Crippen LogP contribution is 2.57. The first kappa shape index (κ1) is 18.0. The molecule has 0 aliphatic heterocycles. The third kappa shape index (κ3) is 3.59. The Balaban J connectivity index is 2.07. The maximum atomic E-state index is 12.3. The molecule has 0 unspecified atom stereocenters. The predicted molar refractivity (Wildman–Crippen MR) is 92.1 cm³/mol. The average Bonchev–Trinajstić information content (AvgIpc) is 2.80. The number of carboxylic acids is 1. The van der Waals surface area contributed by atoms with Crippen molar-refractivity contribution in [2.24, 2.45) is 23.2 Å². The van der Waals surface area contributed by atoms with Gasteiger partial charge in [-0.05, 0) is 74.7 Å². The molecule has 1 N–H and O–H groups in total. The second-order valence-electron chi connectivity index (χ2n) is 7.76. The van der Waals surface area contributed by atoms with Crippen molar-refractivity contribution < 1.29 is 14.7 Å². The van der Waals surface area contributed by atoms with E-state index in [9.17, 15) is 9.59 Å². The number of allylic oxidation sites excluding steroid dienone is 3. The first-order chi connectivity index (χ1) is 10.8. The molecule has 0 aromatic carbocycles. The van der Waals surface area contributed by atoms with E-state index in [1.54, 1.807) is 6.92 Å². The summed E-state index contributed by atoms with van der Waals surface area (Å²) in [5, 5.41) is 8.93. The lowest BCUT2D eigenvalue weighted by atomic mass is 9.60. The summed E-state index contributed by atoms with van der Waals surface area (Å²) in [6.07, 6.45) is 9.94. The largest absolute Gasteiger partial charge is 0.478 e. The summed E-state index contributed by atoms with van der Waals surface area (Å²) in [6.45, 7) is 8.18. The molecule has 3 heteroatoms. The molecule has 2 rings (SSSR count). The Morgan fingerprint density at radius 2 is 2.17 bits per heavy atom. The van der Waals surface area contributed by atoms with E-state index in [0.717, 1.165) is 24.8 Å². The number of hydrogen-bond acceptors (Lipinski definition) is 2. The molecule has 0 amide bonds. The Morgan fingerprint density at radius 1 is 1.48 bits per heavy atom. The van der Waals surface area contributed by atoms with Gasteiger partial charge in [0.05, 0.1) is 0 Å². The summed E-state index contributed by atoms with van der Waals surface area (Å²) >= 11 is 0. The van der Waals surface area contributed by atoms with Crippen LogP contribution in [0.15, 0.2) is 23.3 Å². The number of carbonyl (C=O) groups excluding carboxylic acids is 1. The second kappa shape index (κ2) is 7.02. The van der Waals surface area contributed by atoms with E-state index in [4.69, 9.17) is 5.11 Å². The van der Waals surface area contributed by atoms with Gasteiger partial charge in [0.1, 0.15) is 0 Å². The fourth-order valence-corrected chi connectivity index (χ4v) is 4.70. The smallest absolute Gasteiger partial charge is 0.330 e. The molecular weight excluding hydrogens is 288 g/mol. The maximum absolute atomic E-state index is 12.3. The molecule has 3 nitrogen and oxygen atoms in total. The minimum atomic E-state index is -0.831. The Morgan fingerprint density at radius 3 is 2.78 bits per heavy atom. The lowest BCUT2D eigenvalue weighted by molar-refractivity contribution is -0.132. The van der Waals surface area contributed by atoms with Gasteiger partial charge in [0.2, 0.25) is 0 Å². The van der Waals surface area contributed by atoms with Crippen LogP contribution in [-0.2, 0) is 9.59 Å². The van der Waals surface area contributed by atoms with Crippen molar-refractivity contribution in [2.75, 3.05) is 0 Å². The van der Waals surface area contributed by atoms with E-state index >= 15 is 0 Å². The zero-order valence-corrected chi connectivity index (χ0v) is 14.9. The fraction of sp³-hybridized carbons (Fsp3) is 0.700. The van der Waals surface area contributed by atoms with E-state index in [1.807, 2.05) is 13.0 Å². The normalized spacial score (nSPS) is 33.0. The average molecular weight is 318 g/mol. The van der Waals surface area contributed by atoms with Gasteiger partial charge < -0.3 is 5.11 Å². The molecule has 0 radical (unpaired) electrons. The Bertz CT molecular complexity index is 543.